The van der Waals surface area contributed by atoms with Gasteiger partial charge in [0.05, 0.1) is 22.7 Å². The van der Waals surface area contributed by atoms with Crippen LogP contribution in [0.4, 0.5) is 0 Å². The Kier molecular flexibility index (Phi) is 5.67. The zero-order chi connectivity index (χ0) is 22.2. The minimum atomic E-state index is 0.0860. The fourth-order valence-electron chi connectivity index (χ4n) is 4.85. The number of nitrogens with zero attached hydrogens (tertiary/aromatic N) is 4. The Morgan fingerprint density at radius 3 is 2.47 bits per heavy atom. The summed E-state index contributed by atoms with van der Waals surface area (Å²) in [6.45, 7) is 4.13. The second-order valence-electron chi connectivity index (χ2n) is 8.73. The summed E-state index contributed by atoms with van der Waals surface area (Å²) in [5.41, 5.74) is 4.40. The summed E-state index contributed by atoms with van der Waals surface area (Å²) in [6, 6.07) is 11.9. The number of likely N-dealkylation sites (tertiary alicyclic amines) is 1. The van der Waals surface area contributed by atoms with E-state index in [1.54, 1.807) is 11.8 Å². The van der Waals surface area contributed by atoms with Crippen LogP contribution < -0.4 is 0 Å². The van der Waals surface area contributed by atoms with Crippen molar-refractivity contribution >= 4 is 34.5 Å². The van der Waals surface area contributed by atoms with Gasteiger partial charge in [0.2, 0.25) is 0 Å². The van der Waals surface area contributed by atoms with Gasteiger partial charge in [-0.3, -0.25) is 14.6 Å². The molecule has 2 fully saturated rings. The Bertz CT molecular complexity index is 1170. The Morgan fingerprint density at radius 2 is 1.72 bits per heavy atom. The van der Waals surface area contributed by atoms with Gasteiger partial charge in [0.25, 0.3) is 11.8 Å². The predicted octanol–water partition coefficient (Wildman–Crippen LogP) is 4.05. The molecule has 0 unspecified atom stereocenters. The summed E-state index contributed by atoms with van der Waals surface area (Å²) in [7, 11) is 1.98. The number of carbonyl (C=O) groups excluding carboxylic acids is 2. The van der Waals surface area contributed by atoms with Gasteiger partial charge in [-0.1, -0.05) is 18.2 Å². The van der Waals surface area contributed by atoms with Crippen LogP contribution in [0, 0.1) is 6.92 Å². The number of aryl methyl sites for hydroxylation is 2. The first kappa shape index (κ1) is 21.1. The van der Waals surface area contributed by atoms with Gasteiger partial charge in [-0.2, -0.15) is 0 Å². The van der Waals surface area contributed by atoms with Crippen LogP contribution in [0.25, 0.3) is 10.9 Å². The summed E-state index contributed by atoms with van der Waals surface area (Å²) in [6.07, 6.45) is 3.58. The van der Waals surface area contributed by atoms with Crippen molar-refractivity contribution in [2.75, 3.05) is 31.3 Å². The summed E-state index contributed by atoms with van der Waals surface area (Å²) in [4.78, 5) is 35.1. The maximum absolute atomic E-state index is 13.3. The quantitative estimate of drug-likeness (QED) is 0.607. The minimum Gasteiger partial charge on any atom is -0.350 e. The van der Waals surface area contributed by atoms with E-state index in [0.717, 1.165) is 64.4 Å². The lowest BCUT2D eigenvalue weighted by Gasteiger charge is -2.32. The van der Waals surface area contributed by atoms with Crippen molar-refractivity contribution in [3.05, 3.63) is 65.1 Å². The van der Waals surface area contributed by atoms with Crippen LogP contribution in [0.3, 0.4) is 0 Å². The number of hydrogen-bond donors (Lipinski definition) is 0. The molecule has 0 aliphatic carbocycles. The normalized spacial score (nSPS) is 17.3. The molecule has 2 saturated heterocycles. The second-order valence-corrected chi connectivity index (χ2v) is 9.80. The van der Waals surface area contributed by atoms with Gasteiger partial charge in [-0.15, -0.1) is 11.8 Å². The Balaban J connectivity index is 1.34. The van der Waals surface area contributed by atoms with Gasteiger partial charge in [-0.05, 0) is 38.0 Å². The van der Waals surface area contributed by atoms with Crippen molar-refractivity contribution < 1.29 is 9.59 Å². The van der Waals surface area contributed by atoms with Crippen molar-refractivity contribution in [1.29, 1.82) is 0 Å². The van der Waals surface area contributed by atoms with Crippen molar-refractivity contribution in [3.63, 3.8) is 0 Å². The highest BCUT2D eigenvalue weighted by Crippen LogP contribution is 2.32. The largest absolute Gasteiger partial charge is 0.350 e. The number of para-hydroxylation sites is 1. The summed E-state index contributed by atoms with van der Waals surface area (Å²) in [5, 5.41) is 0.999. The molecule has 32 heavy (non-hydrogen) atoms. The highest BCUT2D eigenvalue weighted by atomic mass is 32.2. The lowest BCUT2D eigenvalue weighted by atomic mass is 9.89. The Morgan fingerprint density at radius 1 is 0.969 bits per heavy atom. The molecule has 1 aromatic carbocycles. The maximum Gasteiger partial charge on any atom is 0.256 e. The van der Waals surface area contributed by atoms with Gasteiger partial charge >= 0.3 is 0 Å². The molecule has 0 saturated carbocycles. The first-order valence-corrected chi connectivity index (χ1v) is 12.4. The third-order valence-electron chi connectivity index (χ3n) is 6.63. The van der Waals surface area contributed by atoms with Crippen LogP contribution in [0.2, 0.25) is 0 Å². The summed E-state index contributed by atoms with van der Waals surface area (Å²) in [5.74, 6) is 2.12. The minimum absolute atomic E-state index is 0.0860. The smallest absolute Gasteiger partial charge is 0.256 e. The van der Waals surface area contributed by atoms with Crippen LogP contribution >= 0.6 is 11.8 Å². The molecule has 4 heterocycles. The number of thioether (sulfide) groups is 1. The third kappa shape index (κ3) is 3.79. The van der Waals surface area contributed by atoms with Crippen molar-refractivity contribution in [2.45, 2.75) is 25.7 Å². The molecule has 0 spiro atoms. The van der Waals surface area contributed by atoms with E-state index in [4.69, 9.17) is 4.98 Å². The monoisotopic (exact) mass is 448 g/mol. The van der Waals surface area contributed by atoms with Gasteiger partial charge in [0.15, 0.2) is 0 Å². The van der Waals surface area contributed by atoms with Crippen LogP contribution in [-0.4, -0.2) is 62.4 Å². The number of piperidine rings is 1. The highest BCUT2D eigenvalue weighted by Gasteiger charge is 2.31. The standard InChI is InChI=1S/C25H28N4O2S/c1-17-7-8-20(24(30)29-13-14-32-16-29)23(26-17)18-9-11-28(12-10-18)25(31)21-15-27(2)22-6-4-3-5-19(21)22/h3-8,15,18H,9-14,16H2,1-2H3. The fourth-order valence-corrected chi connectivity index (χ4v) is 5.80. The van der Waals surface area contributed by atoms with E-state index in [-0.39, 0.29) is 17.7 Å². The maximum atomic E-state index is 13.3. The second kappa shape index (κ2) is 8.62. The molecule has 0 N–H and O–H groups in total. The van der Waals surface area contributed by atoms with Gasteiger partial charge in [0, 0.05) is 61.1 Å². The van der Waals surface area contributed by atoms with Crippen LogP contribution in [0.15, 0.2) is 42.6 Å². The number of aromatic nitrogens is 2. The van der Waals surface area contributed by atoms with E-state index in [1.807, 2.05) is 70.9 Å². The SMILES string of the molecule is Cc1ccc(C(=O)N2CCSC2)c(C2CCN(C(=O)c3cn(C)c4ccccc34)CC2)n1. The summed E-state index contributed by atoms with van der Waals surface area (Å²) < 4.78 is 2.01. The summed E-state index contributed by atoms with van der Waals surface area (Å²) >= 11 is 1.79. The topological polar surface area (TPSA) is 58.4 Å². The molecule has 6 nitrogen and oxygen atoms in total. The number of benzene rings is 1. The van der Waals surface area contributed by atoms with Gasteiger partial charge in [0.1, 0.15) is 0 Å². The first-order chi connectivity index (χ1) is 15.5. The number of hydrogen-bond acceptors (Lipinski definition) is 4. The molecule has 166 valence electrons. The molecule has 7 heteroatoms. The average Bonchev–Trinajstić information content (AvgIpc) is 3.47. The molecule has 2 aromatic heterocycles. The molecule has 2 aliphatic rings. The van der Waals surface area contributed by atoms with E-state index in [1.165, 1.54) is 0 Å². The molecule has 2 amide bonds. The van der Waals surface area contributed by atoms with Crippen LogP contribution in [-0.2, 0) is 7.05 Å². The number of pyridine rings is 1. The van der Waals surface area contributed by atoms with Crippen LogP contribution in [0.5, 0.6) is 0 Å². The van der Waals surface area contributed by atoms with Crippen LogP contribution in [0.1, 0.15) is 50.9 Å². The third-order valence-corrected chi connectivity index (χ3v) is 7.60. The highest BCUT2D eigenvalue weighted by molar-refractivity contribution is 7.99. The Labute approximate surface area is 192 Å². The fraction of sp³-hybridized carbons (Fsp3) is 0.400. The zero-order valence-electron chi connectivity index (χ0n) is 18.6. The lowest BCUT2D eigenvalue weighted by Crippen LogP contribution is -2.38. The lowest BCUT2D eigenvalue weighted by molar-refractivity contribution is 0.0709. The van der Waals surface area contributed by atoms with E-state index < -0.39 is 0 Å². The number of amides is 2. The molecule has 0 radical (unpaired) electrons. The predicted molar refractivity (Wildman–Crippen MR) is 128 cm³/mol. The molecule has 2 aliphatic heterocycles. The van der Waals surface area contributed by atoms with Crippen molar-refractivity contribution in [2.24, 2.45) is 7.05 Å². The van der Waals surface area contributed by atoms with E-state index >= 15 is 0 Å². The number of fused-ring (bicyclic) bond motifs is 1. The molecular formula is C25H28N4O2S. The molecule has 0 bridgehead atoms. The molecule has 3 aromatic rings. The Hall–Kier alpha value is -2.80. The number of carbonyl (C=O) groups is 2. The number of rotatable bonds is 3. The first-order valence-electron chi connectivity index (χ1n) is 11.2. The molecular weight excluding hydrogens is 420 g/mol. The van der Waals surface area contributed by atoms with E-state index in [9.17, 15) is 9.59 Å². The van der Waals surface area contributed by atoms with E-state index in [2.05, 4.69) is 0 Å². The zero-order valence-corrected chi connectivity index (χ0v) is 19.4. The average molecular weight is 449 g/mol. The van der Waals surface area contributed by atoms with Gasteiger partial charge < -0.3 is 14.4 Å². The molecule has 0 atom stereocenters. The van der Waals surface area contributed by atoms with E-state index in [0.29, 0.717) is 13.1 Å². The van der Waals surface area contributed by atoms with Crippen molar-refractivity contribution in [1.82, 2.24) is 19.4 Å². The van der Waals surface area contributed by atoms with Gasteiger partial charge in [-0.25, -0.2) is 0 Å². The van der Waals surface area contributed by atoms with Crippen molar-refractivity contribution in [3.8, 4) is 0 Å². The molecule has 5 rings (SSSR count).